The third-order valence-corrected chi connectivity index (χ3v) is 6.03. The quantitative estimate of drug-likeness (QED) is 0.595. The van der Waals surface area contributed by atoms with Crippen molar-refractivity contribution in [3.05, 3.63) is 78.4 Å². The van der Waals surface area contributed by atoms with Gasteiger partial charge in [-0.15, -0.1) is 0 Å². The van der Waals surface area contributed by atoms with Crippen LogP contribution in [0.5, 0.6) is 5.75 Å². The second-order valence-corrected chi connectivity index (χ2v) is 9.57. The summed E-state index contributed by atoms with van der Waals surface area (Å²) in [5.41, 5.74) is 1.12. The summed E-state index contributed by atoms with van der Waals surface area (Å²) in [5.74, 6) is 0.886. The van der Waals surface area contributed by atoms with Crippen LogP contribution in [-0.4, -0.2) is 15.6 Å². The van der Waals surface area contributed by atoms with E-state index in [0.717, 1.165) is 23.1 Å². The lowest BCUT2D eigenvalue weighted by atomic mass is 10.1. The number of fused-ring (bicyclic) bond motifs is 1. The van der Waals surface area contributed by atoms with Gasteiger partial charge in [0.25, 0.3) is 0 Å². The largest absolute Gasteiger partial charge is 0.493 e. The first-order valence-electron chi connectivity index (χ1n) is 9.29. The zero-order valence-electron chi connectivity index (χ0n) is 16.1. The summed E-state index contributed by atoms with van der Waals surface area (Å²) in [6.07, 6.45) is 0.731. The normalized spacial score (nSPS) is 14.0. The highest BCUT2D eigenvalue weighted by atomic mass is 32.2. The van der Waals surface area contributed by atoms with Gasteiger partial charge in [-0.25, -0.2) is 8.93 Å². The predicted octanol–water partition coefficient (Wildman–Crippen LogP) is 5.40. The molecule has 0 radical (unpaired) electrons. The summed E-state index contributed by atoms with van der Waals surface area (Å²) in [6.45, 7) is 6.47. The highest BCUT2D eigenvalue weighted by Gasteiger charge is 2.23. The lowest BCUT2D eigenvalue weighted by Crippen LogP contribution is -2.36. The van der Waals surface area contributed by atoms with E-state index in [1.807, 2.05) is 63.2 Å². The van der Waals surface area contributed by atoms with Gasteiger partial charge in [0.15, 0.2) is 0 Å². The van der Waals surface area contributed by atoms with Crippen LogP contribution < -0.4 is 9.46 Å². The van der Waals surface area contributed by atoms with Crippen molar-refractivity contribution < 1.29 is 8.95 Å². The molecule has 0 aliphatic heterocycles. The van der Waals surface area contributed by atoms with Crippen molar-refractivity contribution in [1.82, 2.24) is 4.72 Å². The molecule has 0 aliphatic rings. The van der Waals surface area contributed by atoms with Crippen LogP contribution in [0.4, 0.5) is 0 Å². The number of nitrogens with one attached hydrogen (secondary N) is 1. The van der Waals surface area contributed by atoms with E-state index in [1.54, 1.807) is 0 Å². The minimum absolute atomic E-state index is 0.0266. The lowest BCUT2D eigenvalue weighted by Gasteiger charge is -2.25. The predicted molar refractivity (Wildman–Crippen MR) is 114 cm³/mol. The summed E-state index contributed by atoms with van der Waals surface area (Å²) >= 11 is 0. The molecule has 27 heavy (non-hydrogen) atoms. The third kappa shape index (κ3) is 5.18. The first kappa shape index (κ1) is 19.6. The Hall–Kier alpha value is -2.17. The summed E-state index contributed by atoms with van der Waals surface area (Å²) in [7, 11) is -1.14. The van der Waals surface area contributed by atoms with Gasteiger partial charge in [0.1, 0.15) is 5.75 Å². The monoisotopic (exact) mass is 381 g/mol. The van der Waals surface area contributed by atoms with Crippen LogP contribution in [0, 0.1) is 0 Å². The topological polar surface area (TPSA) is 38.3 Å². The van der Waals surface area contributed by atoms with Crippen molar-refractivity contribution in [2.24, 2.45) is 0 Å². The molecule has 4 heteroatoms. The maximum absolute atomic E-state index is 12.6. The number of hydrogen-bond acceptors (Lipinski definition) is 2. The maximum atomic E-state index is 12.6. The van der Waals surface area contributed by atoms with E-state index in [2.05, 4.69) is 35.1 Å². The number of ether oxygens (including phenoxy) is 1. The van der Waals surface area contributed by atoms with Gasteiger partial charge in [0, 0.05) is 17.8 Å². The molecule has 0 saturated heterocycles. The van der Waals surface area contributed by atoms with Gasteiger partial charge in [-0.3, -0.25) is 0 Å². The SMILES string of the molecule is CC(C)(C)S(=O)N[C@@H](CCOc1cccc2ccccc12)c1ccccc1. The summed E-state index contributed by atoms with van der Waals surface area (Å²) in [6, 6.07) is 24.4. The summed E-state index contributed by atoms with van der Waals surface area (Å²) in [5, 5.41) is 2.28. The number of rotatable bonds is 7. The lowest BCUT2D eigenvalue weighted by molar-refractivity contribution is 0.298. The van der Waals surface area contributed by atoms with E-state index >= 15 is 0 Å². The van der Waals surface area contributed by atoms with Gasteiger partial charge in [-0.2, -0.15) is 0 Å². The maximum Gasteiger partial charge on any atom is 0.127 e. The van der Waals surface area contributed by atoms with E-state index in [0.29, 0.717) is 6.61 Å². The molecule has 0 heterocycles. The average Bonchev–Trinajstić information content (AvgIpc) is 2.67. The van der Waals surface area contributed by atoms with Crippen molar-refractivity contribution in [3.8, 4) is 5.75 Å². The first-order chi connectivity index (χ1) is 12.9. The summed E-state index contributed by atoms with van der Waals surface area (Å²) in [4.78, 5) is 0. The van der Waals surface area contributed by atoms with Gasteiger partial charge >= 0.3 is 0 Å². The third-order valence-electron chi connectivity index (χ3n) is 4.42. The molecule has 0 saturated carbocycles. The van der Waals surface area contributed by atoms with Crippen LogP contribution in [0.15, 0.2) is 72.8 Å². The Morgan fingerprint density at radius 1 is 0.926 bits per heavy atom. The van der Waals surface area contributed by atoms with Gasteiger partial charge in [0.2, 0.25) is 0 Å². The van der Waals surface area contributed by atoms with E-state index in [1.165, 1.54) is 5.39 Å². The number of benzene rings is 3. The highest BCUT2D eigenvalue weighted by molar-refractivity contribution is 7.84. The molecular weight excluding hydrogens is 354 g/mol. The molecular formula is C23H27NO2S. The van der Waals surface area contributed by atoms with Crippen LogP contribution in [0.25, 0.3) is 10.8 Å². The Morgan fingerprint density at radius 2 is 1.59 bits per heavy atom. The highest BCUT2D eigenvalue weighted by Crippen LogP contribution is 2.26. The molecule has 0 aliphatic carbocycles. The van der Waals surface area contributed by atoms with Crippen LogP contribution in [-0.2, 0) is 11.0 Å². The van der Waals surface area contributed by atoms with E-state index in [9.17, 15) is 4.21 Å². The van der Waals surface area contributed by atoms with Crippen molar-refractivity contribution >= 4 is 21.8 Å². The Kier molecular flexibility index (Phi) is 6.30. The Bertz CT molecular complexity index is 898. The average molecular weight is 382 g/mol. The Labute approximate surface area is 164 Å². The minimum atomic E-state index is -1.14. The van der Waals surface area contributed by atoms with Crippen molar-refractivity contribution in [2.75, 3.05) is 6.61 Å². The second-order valence-electron chi connectivity index (χ2n) is 7.58. The molecule has 0 amide bonds. The standard InChI is InChI=1S/C23H27NO2S/c1-23(2,3)27(25)24-21(19-11-5-4-6-12-19)16-17-26-22-15-9-13-18-10-7-8-14-20(18)22/h4-15,21,24H,16-17H2,1-3H3/t21-,27?/m0/s1. The molecule has 0 fully saturated rings. The molecule has 3 aromatic carbocycles. The fourth-order valence-corrected chi connectivity index (χ4v) is 3.76. The zero-order chi connectivity index (χ0) is 19.3. The molecule has 3 aromatic rings. The molecule has 0 spiro atoms. The molecule has 2 atom stereocenters. The van der Waals surface area contributed by atoms with E-state index < -0.39 is 11.0 Å². The number of hydrogen-bond donors (Lipinski definition) is 1. The van der Waals surface area contributed by atoms with Crippen LogP contribution in [0.3, 0.4) is 0 Å². The van der Waals surface area contributed by atoms with Crippen LogP contribution >= 0.6 is 0 Å². The first-order valence-corrected chi connectivity index (χ1v) is 10.4. The summed E-state index contributed by atoms with van der Waals surface area (Å²) < 4.78 is 21.7. The van der Waals surface area contributed by atoms with Gasteiger partial charge < -0.3 is 4.74 Å². The molecule has 0 bridgehead atoms. The van der Waals surface area contributed by atoms with Crippen molar-refractivity contribution in [3.63, 3.8) is 0 Å². The fourth-order valence-electron chi connectivity index (χ4n) is 2.89. The smallest absolute Gasteiger partial charge is 0.127 e. The minimum Gasteiger partial charge on any atom is -0.493 e. The molecule has 3 nitrogen and oxygen atoms in total. The van der Waals surface area contributed by atoms with Crippen LogP contribution in [0.1, 0.15) is 38.8 Å². The zero-order valence-corrected chi connectivity index (χ0v) is 17.0. The van der Waals surface area contributed by atoms with Gasteiger partial charge in [-0.05, 0) is 37.8 Å². The molecule has 0 aromatic heterocycles. The Balaban J connectivity index is 1.72. The Morgan fingerprint density at radius 3 is 2.33 bits per heavy atom. The molecule has 3 rings (SSSR count). The van der Waals surface area contributed by atoms with E-state index in [4.69, 9.17) is 4.74 Å². The van der Waals surface area contributed by atoms with Crippen LogP contribution in [0.2, 0.25) is 0 Å². The molecule has 1 unspecified atom stereocenters. The van der Waals surface area contributed by atoms with Crippen molar-refractivity contribution in [1.29, 1.82) is 0 Å². The van der Waals surface area contributed by atoms with E-state index in [-0.39, 0.29) is 10.8 Å². The van der Waals surface area contributed by atoms with Crippen molar-refractivity contribution in [2.45, 2.75) is 38.0 Å². The molecule has 142 valence electrons. The van der Waals surface area contributed by atoms with Gasteiger partial charge in [0.05, 0.1) is 22.3 Å². The molecule has 1 N–H and O–H groups in total. The fraction of sp³-hybridized carbons (Fsp3) is 0.304. The second kappa shape index (κ2) is 8.68. The van der Waals surface area contributed by atoms with Gasteiger partial charge in [-0.1, -0.05) is 66.7 Å².